The molecule has 0 N–H and O–H groups in total. The lowest BCUT2D eigenvalue weighted by Crippen LogP contribution is -2.09. The summed E-state index contributed by atoms with van der Waals surface area (Å²) in [5, 5.41) is 0. The second-order valence-electron chi connectivity index (χ2n) is 4.11. The number of methoxy groups -OCH3 is 2. The summed E-state index contributed by atoms with van der Waals surface area (Å²) >= 11 is 3.39. The highest BCUT2D eigenvalue weighted by molar-refractivity contribution is 9.10. The number of hydrogen-bond acceptors (Lipinski definition) is 4. The molecule has 0 radical (unpaired) electrons. The fourth-order valence-electron chi connectivity index (χ4n) is 1.78. The SMILES string of the molecule is COC(OC)c1ncc(Br)cc1OCc1ccccc1. The first-order valence-electron chi connectivity index (χ1n) is 6.12. The van der Waals surface area contributed by atoms with E-state index in [1.807, 2.05) is 36.4 Å². The normalized spacial score (nSPS) is 10.8. The fraction of sp³-hybridized carbons (Fsp3) is 0.267. The Kier molecular flexibility index (Phi) is 5.52. The Morgan fingerprint density at radius 3 is 2.50 bits per heavy atom. The van der Waals surface area contributed by atoms with Gasteiger partial charge in [0.25, 0.3) is 0 Å². The molecule has 0 fully saturated rings. The number of pyridine rings is 1. The standard InChI is InChI=1S/C15H16BrNO3/c1-18-15(19-2)14-13(8-12(16)9-17-14)20-10-11-6-4-3-5-7-11/h3-9,15H,10H2,1-2H3. The highest BCUT2D eigenvalue weighted by atomic mass is 79.9. The fourth-order valence-corrected chi connectivity index (χ4v) is 2.09. The molecule has 2 rings (SSSR count). The maximum absolute atomic E-state index is 5.84. The zero-order valence-corrected chi connectivity index (χ0v) is 13.0. The summed E-state index contributed by atoms with van der Waals surface area (Å²) in [6.07, 6.45) is 1.14. The zero-order valence-electron chi connectivity index (χ0n) is 11.4. The maximum atomic E-state index is 5.84. The summed E-state index contributed by atoms with van der Waals surface area (Å²) in [5.74, 6) is 0.636. The average Bonchev–Trinajstić information content (AvgIpc) is 2.49. The van der Waals surface area contributed by atoms with Crippen molar-refractivity contribution in [3.8, 4) is 5.75 Å². The predicted molar refractivity (Wildman–Crippen MR) is 79.5 cm³/mol. The number of benzene rings is 1. The molecule has 0 spiro atoms. The lowest BCUT2D eigenvalue weighted by atomic mass is 10.2. The first-order valence-corrected chi connectivity index (χ1v) is 6.91. The van der Waals surface area contributed by atoms with Crippen LogP contribution in [-0.4, -0.2) is 19.2 Å². The summed E-state index contributed by atoms with van der Waals surface area (Å²) in [6, 6.07) is 11.8. The molecule has 1 aromatic carbocycles. The van der Waals surface area contributed by atoms with Crippen molar-refractivity contribution in [1.82, 2.24) is 4.98 Å². The number of aromatic nitrogens is 1. The van der Waals surface area contributed by atoms with E-state index in [9.17, 15) is 0 Å². The average molecular weight is 338 g/mol. The number of hydrogen-bond donors (Lipinski definition) is 0. The Labute approximate surface area is 126 Å². The van der Waals surface area contributed by atoms with E-state index in [0.717, 1.165) is 10.0 Å². The van der Waals surface area contributed by atoms with Crippen LogP contribution >= 0.6 is 15.9 Å². The van der Waals surface area contributed by atoms with Crippen LogP contribution in [0.5, 0.6) is 5.75 Å². The Morgan fingerprint density at radius 1 is 1.15 bits per heavy atom. The van der Waals surface area contributed by atoms with Gasteiger partial charge in [0.1, 0.15) is 18.1 Å². The molecular formula is C15H16BrNO3. The van der Waals surface area contributed by atoms with Gasteiger partial charge in [0.2, 0.25) is 6.29 Å². The van der Waals surface area contributed by atoms with E-state index in [2.05, 4.69) is 20.9 Å². The molecule has 20 heavy (non-hydrogen) atoms. The van der Waals surface area contributed by atoms with Gasteiger partial charge in [0.15, 0.2) is 0 Å². The topological polar surface area (TPSA) is 40.6 Å². The molecule has 0 saturated heterocycles. The minimum Gasteiger partial charge on any atom is -0.487 e. The molecule has 0 saturated carbocycles. The molecule has 0 aliphatic rings. The van der Waals surface area contributed by atoms with Crippen molar-refractivity contribution < 1.29 is 14.2 Å². The second kappa shape index (κ2) is 7.38. The van der Waals surface area contributed by atoms with Gasteiger partial charge < -0.3 is 14.2 Å². The van der Waals surface area contributed by atoms with Gasteiger partial charge in [-0.05, 0) is 27.6 Å². The molecule has 0 aliphatic heterocycles. The molecule has 0 aliphatic carbocycles. The first-order chi connectivity index (χ1) is 9.74. The summed E-state index contributed by atoms with van der Waals surface area (Å²) in [4.78, 5) is 4.31. The zero-order chi connectivity index (χ0) is 14.4. The smallest absolute Gasteiger partial charge is 0.204 e. The van der Waals surface area contributed by atoms with E-state index < -0.39 is 6.29 Å². The molecule has 1 heterocycles. The third kappa shape index (κ3) is 3.79. The van der Waals surface area contributed by atoms with Crippen molar-refractivity contribution in [1.29, 1.82) is 0 Å². The van der Waals surface area contributed by atoms with Crippen molar-refractivity contribution in [3.63, 3.8) is 0 Å². The van der Waals surface area contributed by atoms with Crippen molar-refractivity contribution in [2.45, 2.75) is 12.9 Å². The highest BCUT2D eigenvalue weighted by Crippen LogP contribution is 2.29. The van der Waals surface area contributed by atoms with Crippen LogP contribution in [0.2, 0.25) is 0 Å². The minimum atomic E-state index is -0.547. The van der Waals surface area contributed by atoms with Gasteiger partial charge in [-0.1, -0.05) is 30.3 Å². The van der Waals surface area contributed by atoms with Gasteiger partial charge in [-0.2, -0.15) is 0 Å². The molecule has 2 aromatic rings. The van der Waals surface area contributed by atoms with Gasteiger partial charge in [-0.15, -0.1) is 0 Å². The van der Waals surface area contributed by atoms with Crippen molar-refractivity contribution in [2.75, 3.05) is 14.2 Å². The molecule has 1 aromatic heterocycles. The van der Waals surface area contributed by atoms with Crippen molar-refractivity contribution in [2.24, 2.45) is 0 Å². The van der Waals surface area contributed by atoms with Gasteiger partial charge in [-0.25, -0.2) is 0 Å². The van der Waals surface area contributed by atoms with Crippen LogP contribution in [0.15, 0.2) is 47.1 Å². The molecule has 0 unspecified atom stereocenters. The molecule has 0 bridgehead atoms. The predicted octanol–water partition coefficient (Wildman–Crippen LogP) is 3.71. The number of halogens is 1. The first kappa shape index (κ1) is 15.0. The van der Waals surface area contributed by atoms with Crippen LogP contribution in [0.4, 0.5) is 0 Å². The maximum Gasteiger partial charge on any atom is 0.204 e. The quantitative estimate of drug-likeness (QED) is 0.753. The largest absolute Gasteiger partial charge is 0.487 e. The number of ether oxygens (including phenoxy) is 3. The molecule has 4 nitrogen and oxygen atoms in total. The van der Waals surface area contributed by atoms with Crippen LogP contribution in [0.25, 0.3) is 0 Å². The summed E-state index contributed by atoms with van der Waals surface area (Å²) < 4.78 is 17.2. The van der Waals surface area contributed by atoms with E-state index in [4.69, 9.17) is 14.2 Å². The summed E-state index contributed by atoms with van der Waals surface area (Å²) in [5.41, 5.74) is 1.71. The molecular weight excluding hydrogens is 322 g/mol. The molecule has 5 heteroatoms. The highest BCUT2D eigenvalue weighted by Gasteiger charge is 2.17. The Bertz CT molecular complexity index is 544. The van der Waals surface area contributed by atoms with Crippen LogP contribution in [0, 0.1) is 0 Å². The van der Waals surface area contributed by atoms with Gasteiger partial charge in [0.05, 0.1) is 0 Å². The van der Waals surface area contributed by atoms with E-state index >= 15 is 0 Å². The molecule has 106 valence electrons. The van der Waals surface area contributed by atoms with E-state index in [0.29, 0.717) is 18.1 Å². The van der Waals surface area contributed by atoms with Crippen molar-refractivity contribution >= 4 is 15.9 Å². The van der Waals surface area contributed by atoms with Crippen molar-refractivity contribution in [3.05, 3.63) is 58.3 Å². The van der Waals surface area contributed by atoms with Gasteiger partial charge in [-0.3, -0.25) is 4.98 Å². The third-order valence-corrected chi connectivity index (χ3v) is 3.17. The molecule has 0 atom stereocenters. The third-order valence-electron chi connectivity index (χ3n) is 2.74. The summed E-state index contributed by atoms with van der Waals surface area (Å²) in [6.45, 7) is 0.464. The molecule has 0 amide bonds. The minimum absolute atomic E-state index is 0.464. The Hall–Kier alpha value is -1.43. The van der Waals surface area contributed by atoms with E-state index in [1.54, 1.807) is 20.4 Å². The lowest BCUT2D eigenvalue weighted by molar-refractivity contribution is -0.109. The monoisotopic (exact) mass is 337 g/mol. The number of rotatable bonds is 6. The van der Waals surface area contributed by atoms with Crippen LogP contribution < -0.4 is 4.74 Å². The lowest BCUT2D eigenvalue weighted by Gasteiger charge is -2.17. The van der Waals surface area contributed by atoms with Gasteiger partial charge in [0, 0.05) is 24.9 Å². The van der Waals surface area contributed by atoms with E-state index in [1.165, 1.54) is 0 Å². The van der Waals surface area contributed by atoms with Gasteiger partial charge >= 0.3 is 0 Å². The number of nitrogens with zero attached hydrogens (tertiary/aromatic N) is 1. The van der Waals surface area contributed by atoms with Crippen LogP contribution in [0.1, 0.15) is 17.5 Å². The Balaban J connectivity index is 2.19. The van der Waals surface area contributed by atoms with Crippen LogP contribution in [0.3, 0.4) is 0 Å². The summed E-state index contributed by atoms with van der Waals surface area (Å²) in [7, 11) is 3.14. The Morgan fingerprint density at radius 2 is 1.85 bits per heavy atom. The van der Waals surface area contributed by atoms with Crippen LogP contribution in [-0.2, 0) is 16.1 Å². The second-order valence-corrected chi connectivity index (χ2v) is 5.03. The van der Waals surface area contributed by atoms with E-state index in [-0.39, 0.29) is 0 Å².